The lowest BCUT2D eigenvalue weighted by Gasteiger charge is -2.34. The molecule has 2 unspecified atom stereocenters. The van der Waals surface area contributed by atoms with Gasteiger partial charge in [-0.2, -0.15) is 0 Å². The topological polar surface area (TPSA) is 32.3 Å². The maximum atomic E-state index is 4.85. The molecule has 3 aromatic carbocycles. The third kappa shape index (κ3) is 3.46. The Balaban J connectivity index is 1.37. The normalized spacial score (nSPS) is 18.6. The molecule has 40 heavy (non-hydrogen) atoms. The van der Waals surface area contributed by atoms with E-state index in [1.807, 2.05) is 24.4 Å². The summed E-state index contributed by atoms with van der Waals surface area (Å²) in [6, 6.07) is 38.7. The van der Waals surface area contributed by atoms with Gasteiger partial charge >= 0.3 is 0 Å². The average Bonchev–Trinajstić information content (AvgIpc) is 3.31. The van der Waals surface area contributed by atoms with E-state index in [4.69, 9.17) is 4.98 Å². The lowest BCUT2D eigenvalue weighted by atomic mass is 9.85. The number of benzene rings is 3. The summed E-state index contributed by atoms with van der Waals surface area (Å²) in [6.45, 7) is 0. The molecule has 0 N–H and O–H groups in total. The van der Waals surface area contributed by atoms with Gasteiger partial charge in [-0.05, 0) is 54.1 Å². The second kappa shape index (κ2) is 9.21. The van der Waals surface area contributed by atoms with Gasteiger partial charge in [0.1, 0.15) is 0 Å². The Morgan fingerprint density at radius 1 is 0.550 bits per heavy atom. The summed E-state index contributed by atoms with van der Waals surface area (Å²) in [6.07, 6.45) is 12.9. The fourth-order valence-electron chi connectivity index (χ4n) is 6.37. The van der Waals surface area contributed by atoms with Crippen LogP contribution >= 0.6 is 0 Å². The highest BCUT2D eigenvalue weighted by Gasteiger charge is 2.44. The fraction of sp³-hybridized carbons (Fsp3) is 0.0556. The number of rotatable bonds is 3. The van der Waals surface area contributed by atoms with Crippen LogP contribution < -0.4 is 9.80 Å². The van der Waals surface area contributed by atoms with Crippen LogP contribution in [0, 0.1) is 5.92 Å². The highest BCUT2D eigenvalue weighted by molar-refractivity contribution is 6.10. The molecule has 0 radical (unpaired) electrons. The number of hydrogen-bond acceptors (Lipinski definition) is 4. The van der Waals surface area contributed by atoms with Crippen molar-refractivity contribution >= 4 is 34.0 Å². The molecular formula is C36H26N4. The molecule has 5 aromatic rings. The first-order chi connectivity index (χ1) is 19.9. The first-order valence-electron chi connectivity index (χ1n) is 13.7. The van der Waals surface area contributed by atoms with E-state index >= 15 is 0 Å². The summed E-state index contributed by atoms with van der Waals surface area (Å²) < 4.78 is 0. The molecule has 2 aliphatic heterocycles. The van der Waals surface area contributed by atoms with Crippen LogP contribution in [0.25, 0.3) is 22.7 Å². The zero-order chi connectivity index (χ0) is 26.5. The van der Waals surface area contributed by atoms with E-state index in [1.54, 1.807) is 6.20 Å². The quantitative estimate of drug-likeness (QED) is 0.242. The number of fused-ring (bicyclic) bond motifs is 6. The number of allylic oxidation sites excluding steroid dienone is 2. The van der Waals surface area contributed by atoms with Gasteiger partial charge in [0.25, 0.3) is 0 Å². The zero-order valence-electron chi connectivity index (χ0n) is 21.8. The average molecular weight is 515 g/mol. The van der Waals surface area contributed by atoms with E-state index in [1.165, 1.54) is 28.1 Å². The minimum absolute atomic E-state index is 0.212. The monoisotopic (exact) mass is 514 g/mol. The standard InChI is InChI=1S/C36H26N4/c1-2-12-25(13-3-1)40-33-19-8-5-15-28(33)35-27-14-4-7-18-32(27)39(34-20-9-6-16-29(34)36(35)40)26-21-22-31(38-24-26)30-17-10-11-23-37-30/h1-24,28,33H. The summed E-state index contributed by atoms with van der Waals surface area (Å²) in [5.74, 6) is 0.235. The molecule has 2 aromatic heterocycles. The van der Waals surface area contributed by atoms with Gasteiger partial charge in [0.2, 0.25) is 0 Å². The van der Waals surface area contributed by atoms with Gasteiger partial charge in [0.05, 0.1) is 46.4 Å². The van der Waals surface area contributed by atoms with Crippen molar-refractivity contribution in [2.75, 3.05) is 9.80 Å². The van der Waals surface area contributed by atoms with E-state index in [0.717, 1.165) is 28.5 Å². The van der Waals surface area contributed by atoms with Crippen molar-refractivity contribution in [3.8, 4) is 11.4 Å². The number of nitrogens with zero attached hydrogens (tertiary/aromatic N) is 4. The Hall–Kier alpha value is -5.22. The van der Waals surface area contributed by atoms with Gasteiger partial charge in [-0.1, -0.05) is 85.0 Å². The van der Waals surface area contributed by atoms with Gasteiger partial charge in [0.15, 0.2) is 0 Å². The van der Waals surface area contributed by atoms with E-state index in [9.17, 15) is 0 Å². The Bertz CT molecular complexity index is 1800. The van der Waals surface area contributed by atoms with Crippen molar-refractivity contribution in [1.82, 2.24) is 9.97 Å². The summed E-state index contributed by atoms with van der Waals surface area (Å²) in [5.41, 5.74) is 11.3. The molecule has 0 saturated heterocycles. The van der Waals surface area contributed by atoms with Crippen LogP contribution in [-0.2, 0) is 0 Å². The van der Waals surface area contributed by atoms with Crippen LogP contribution in [0.5, 0.6) is 0 Å². The van der Waals surface area contributed by atoms with Gasteiger partial charge < -0.3 is 9.80 Å². The molecule has 1 aliphatic carbocycles. The number of hydrogen-bond donors (Lipinski definition) is 0. The third-order valence-electron chi connectivity index (χ3n) is 8.04. The van der Waals surface area contributed by atoms with E-state index < -0.39 is 0 Å². The van der Waals surface area contributed by atoms with Gasteiger partial charge in [-0.3, -0.25) is 9.97 Å². The molecule has 0 spiro atoms. The zero-order valence-corrected chi connectivity index (χ0v) is 21.8. The van der Waals surface area contributed by atoms with Crippen molar-refractivity contribution < 1.29 is 0 Å². The maximum Gasteiger partial charge on any atom is 0.0887 e. The van der Waals surface area contributed by atoms with Crippen LogP contribution in [0.1, 0.15) is 11.1 Å². The van der Waals surface area contributed by atoms with Crippen molar-refractivity contribution in [2.45, 2.75) is 6.04 Å². The summed E-state index contributed by atoms with van der Waals surface area (Å²) in [4.78, 5) is 14.2. The van der Waals surface area contributed by atoms with Crippen molar-refractivity contribution in [1.29, 1.82) is 0 Å². The molecule has 190 valence electrons. The van der Waals surface area contributed by atoms with E-state index in [-0.39, 0.29) is 12.0 Å². The van der Waals surface area contributed by atoms with Crippen LogP contribution in [0.3, 0.4) is 0 Å². The van der Waals surface area contributed by atoms with Crippen LogP contribution in [0.4, 0.5) is 22.7 Å². The molecule has 3 aliphatic rings. The van der Waals surface area contributed by atoms with Crippen LogP contribution in [-0.4, -0.2) is 16.0 Å². The van der Waals surface area contributed by atoms with Gasteiger partial charge in [0, 0.05) is 28.9 Å². The summed E-state index contributed by atoms with van der Waals surface area (Å²) in [5, 5.41) is 0. The Morgan fingerprint density at radius 3 is 2.02 bits per heavy atom. The molecule has 0 saturated carbocycles. The minimum atomic E-state index is 0.212. The second-order valence-corrected chi connectivity index (χ2v) is 10.2. The predicted octanol–water partition coefficient (Wildman–Crippen LogP) is 8.43. The first-order valence-corrected chi connectivity index (χ1v) is 13.7. The number of anilines is 4. The van der Waals surface area contributed by atoms with Gasteiger partial charge in [-0.25, -0.2) is 0 Å². The van der Waals surface area contributed by atoms with Crippen molar-refractivity contribution in [2.24, 2.45) is 5.92 Å². The predicted molar refractivity (Wildman–Crippen MR) is 163 cm³/mol. The molecule has 0 fully saturated rings. The minimum Gasteiger partial charge on any atom is -0.333 e. The lowest BCUT2D eigenvalue weighted by molar-refractivity contribution is 0.715. The highest BCUT2D eigenvalue weighted by Crippen LogP contribution is 2.56. The van der Waals surface area contributed by atoms with Gasteiger partial charge in [-0.15, -0.1) is 0 Å². The van der Waals surface area contributed by atoms with Crippen LogP contribution in [0.15, 0.2) is 146 Å². The van der Waals surface area contributed by atoms with Crippen molar-refractivity contribution in [3.63, 3.8) is 0 Å². The molecule has 4 heterocycles. The summed E-state index contributed by atoms with van der Waals surface area (Å²) >= 11 is 0. The molecule has 8 rings (SSSR count). The second-order valence-electron chi connectivity index (χ2n) is 10.2. The third-order valence-corrected chi connectivity index (χ3v) is 8.04. The lowest BCUT2D eigenvalue weighted by Crippen LogP contribution is -2.33. The molecule has 0 amide bonds. The maximum absolute atomic E-state index is 4.85. The first kappa shape index (κ1) is 22.7. The number of pyridine rings is 2. The summed E-state index contributed by atoms with van der Waals surface area (Å²) in [7, 11) is 0. The highest BCUT2D eigenvalue weighted by atomic mass is 15.2. The Labute approximate surface area is 233 Å². The van der Waals surface area contributed by atoms with E-state index in [2.05, 4.69) is 130 Å². The van der Waals surface area contributed by atoms with E-state index in [0.29, 0.717) is 0 Å². The molecule has 0 bridgehead atoms. The molecule has 4 nitrogen and oxygen atoms in total. The fourth-order valence-corrected chi connectivity index (χ4v) is 6.37. The largest absolute Gasteiger partial charge is 0.333 e. The Kier molecular flexibility index (Phi) is 5.23. The molecular weight excluding hydrogens is 488 g/mol. The number of aromatic nitrogens is 2. The molecule has 2 atom stereocenters. The SMILES string of the molecule is C1=CC2C3=C(c4ccccc4N(c4ccc(-c5ccccn5)nc4)c4ccccc43)N(c3ccccc3)C2C=C1. The molecule has 4 heteroatoms. The van der Waals surface area contributed by atoms with Crippen molar-refractivity contribution in [3.05, 3.63) is 157 Å². The number of para-hydroxylation sites is 3. The van der Waals surface area contributed by atoms with Crippen LogP contribution in [0.2, 0.25) is 0 Å². The Morgan fingerprint density at radius 2 is 1.25 bits per heavy atom. The smallest absolute Gasteiger partial charge is 0.0887 e.